The van der Waals surface area contributed by atoms with Crippen LogP contribution in [0, 0.1) is 0 Å². The molecule has 3 aromatic rings. The topological polar surface area (TPSA) is 153 Å². The van der Waals surface area contributed by atoms with E-state index in [0.29, 0.717) is 40.1 Å². The molecule has 2 aliphatic heterocycles. The maximum absolute atomic E-state index is 12.9. The first-order valence-electron chi connectivity index (χ1n) is 11.7. The van der Waals surface area contributed by atoms with E-state index < -0.39 is 37.0 Å². The number of carbonyl (C=O) groups excluding carboxylic acids is 1. The highest BCUT2D eigenvalue weighted by Crippen LogP contribution is 2.35. The summed E-state index contributed by atoms with van der Waals surface area (Å²) in [5.74, 6) is 1.24. The highest BCUT2D eigenvalue weighted by molar-refractivity contribution is 5.95. The van der Waals surface area contributed by atoms with Gasteiger partial charge < -0.3 is 35.1 Å². The summed E-state index contributed by atoms with van der Waals surface area (Å²) >= 11 is 0. The molecule has 1 saturated carbocycles. The predicted octanol–water partition coefficient (Wildman–Crippen LogP) is 0.959. The zero-order valence-electron chi connectivity index (χ0n) is 18.8. The standard InChI is InChI=1S/C23H26N6O6/c30-8-16-17(28-22(32)12-5-6-14-15(7-12)34-11-33-14)19(31)23(35-16)29-10-26-18-20(24-9-25-21(18)29)27-13-3-1-2-4-13/h5-7,9-10,13,16-17,19,23,30-31H,1-4,8,11H2,(H,28,32)(H,24,25,27)/t16-,17+,19-,23-/m1/s1. The van der Waals surface area contributed by atoms with Gasteiger partial charge in [0.15, 0.2) is 34.7 Å². The summed E-state index contributed by atoms with van der Waals surface area (Å²) in [6.07, 6.45) is 4.61. The van der Waals surface area contributed by atoms with Gasteiger partial charge in [-0.3, -0.25) is 9.36 Å². The van der Waals surface area contributed by atoms with E-state index >= 15 is 0 Å². The summed E-state index contributed by atoms with van der Waals surface area (Å²) in [7, 11) is 0. The van der Waals surface area contributed by atoms with Crippen LogP contribution in [0.15, 0.2) is 30.9 Å². The number of nitrogens with one attached hydrogen (secondary N) is 2. The summed E-state index contributed by atoms with van der Waals surface area (Å²) < 4.78 is 18.2. The molecular weight excluding hydrogens is 456 g/mol. The summed E-state index contributed by atoms with van der Waals surface area (Å²) in [5, 5.41) is 27.3. The van der Waals surface area contributed by atoms with E-state index in [0.717, 1.165) is 12.8 Å². The van der Waals surface area contributed by atoms with Crippen molar-refractivity contribution in [3.05, 3.63) is 36.4 Å². The number of fused-ring (bicyclic) bond motifs is 2. The summed E-state index contributed by atoms with van der Waals surface area (Å²) in [5.41, 5.74) is 1.40. The van der Waals surface area contributed by atoms with Crippen LogP contribution in [0.1, 0.15) is 42.3 Å². The van der Waals surface area contributed by atoms with Crippen molar-refractivity contribution in [1.82, 2.24) is 24.8 Å². The van der Waals surface area contributed by atoms with Gasteiger partial charge >= 0.3 is 0 Å². The molecule has 4 N–H and O–H groups in total. The second-order valence-corrected chi connectivity index (χ2v) is 8.98. The molecule has 1 aliphatic carbocycles. The average molecular weight is 482 g/mol. The van der Waals surface area contributed by atoms with Crippen molar-refractivity contribution in [3.8, 4) is 11.5 Å². The van der Waals surface area contributed by atoms with Crippen molar-refractivity contribution in [2.24, 2.45) is 0 Å². The van der Waals surface area contributed by atoms with Gasteiger partial charge in [0.25, 0.3) is 5.91 Å². The highest BCUT2D eigenvalue weighted by atomic mass is 16.7. The van der Waals surface area contributed by atoms with Crippen LogP contribution >= 0.6 is 0 Å². The van der Waals surface area contributed by atoms with Gasteiger partial charge in [0, 0.05) is 11.6 Å². The number of aliphatic hydroxyl groups is 2. The van der Waals surface area contributed by atoms with Gasteiger partial charge in [-0.25, -0.2) is 15.0 Å². The number of ether oxygens (including phenoxy) is 3. The van der Waals surface area contributed by atoms with Crippen LogP contribution in [-0.2, 0) is 4.74 Å². The fourth-order valence-electron chi connectivity index (χ4n) is 4.99. The van der Waals surface area contributed by atoms with Crippen molar-refractivity contribution in [3.63, 3.8) is 0 Å². The number of aromatic nitrogens is 4. The Labute approximate surface area is 200 Å². The zero-order valence-corrected chi connectivity index (χ0v) is 18.8. The lowest BCUT2D eigenvalue weighted by Crippen LogP contribution is -2.48. The van der Waals surface area contributed by atoms with Crippen LogP contribution in [0.4, 0.5) is 5.82 Å². The maximum Gasteiger partial charge on any atom is 0.251 e. The first-order chi connectivity index (χ1) is 17.1. The van der Waals surface area contributed by atoms with Crippen molar-refractivity contribution < 1.29 is 29.2 Å². The van der Waals surface area contributed by atoms with Crippen LogP contribution in [-0.4, -0.2) is 73.3 Å². The molecule has 12 heteroatoms. The minimum absolute atomic E-state index is 0.101. The molecule has 1 aromatic carbocycles. The van der Waals surface area contributed by atoms with Crippen LogP contribution < -0.4 is 20.1 Å². The Morgan fingerprint density at radius 3 is 2.80 bits per heavy atom. The molecule has 35 heavy (non-hydrogen) atoms. The third kappa shape index (κ3) is 3.93. The van der Waals surface area contributed by atoms with Crippen molar-refractivity contribution in [2.45, 2.75) is 56.2 Å². The Hall–Kier alpha value is -3.48. The van der Waals surface area contributed by atoms with Gasteiger partial charge in [0.1, 0.15) is 18.5 Å². The molecule has 2 fully saturated rings. The molecule has 12 nitrogen and oxygen atoms in total. The van der Waals surface area contributed by atoms with Crippen molar-refractivity contribution in [1.29, 1.82) is 0 Å². The monoisotopic (exact) mass is 482 g/mol. The summed E-state index contributed by atoms with van der Waals surface area (Å²) in [6.45, 7) is -0.292. The number of aliphatic hydroxyl groups excluding tert-OH is 2. The molecule has 4 atom stereocenters. The quantitative estimate of drug-likeness (QED) is 0.400. The largest absolute Gasteiger partial charge is 0.454 e. The average Bonchev–Trinajstić information content (AvgIpc) is 3.66. The van der Waals surface area contributed by atoms with Gasteiger partial charge in [-0.2, -0.15) is 0 Å². The second-order valence-electron chi connectivity index (χ2n) is 8.98. The van der Waals surface area contributed by atoms with Crippen molar-refractivity contribution in [2.75, 3.05) is 18.7 Å². The van der Waals surface area contributed by atoms with E-state index in [2.05, 4.69) is 25.6 Å². The van der Waals surface area contributed by atoms with E-state index in [4.69, 9.17) is 14.2 Å². The number of carbonyl (C=O) groups is 1. The Balaban J connectivity index is 1.23. The van der Waals surface area contributed by atoms with E-state index in [9.17, 15) is 15.0 Å². The molecule has 1 amide bonds. The molecule has 0 spiro atoms. The third-order valence-corrected chi connectivity index (χ3v) is 6.82. The number of nitrogens with zero attached hydrogens (tertiary/aromatic N) is 4. The molecule has 4 heterocycles. The Kier molecular flexibility index (Phi) is 5.63. The molecule has 0 unspecified atom stereocenters. The highest BCUT2D eigenvalue weighted by Gasteiger charge is 2.46. The number of benzene rings is 1. The lowest BCUT2D eigenvalue weighted by Gasteiger charge is -2.21. The molecule has 3 aliphatic rings. The Bertz CT molecular complexity index is 1240. The molecule has 1 saturated heterocycles. The fourth-order valence-corrected chi connectivity index (χ4v) is 4.99. The van der Waals surface area contributed by atoms with E-state index in [-0.39, 0.29) is 6.79 Å². The fraction of sp³-hybridized carbons (Fsp3) is 0.478. The van der Waals surface area contributed by atoms with Crippen LogP contribution in [0.3, 0.4) is 0 Å². The summed E-state index contributed by atoms with van der Waals surface area (Å²) in [4.78, 5) is 26.1. The lowest BCUT2D eigenvalue weighted by molar-refractivity contribution is -0.0489. The normalized spacial score (nSPS) is 25.9. The first kappa shape index (κ1) is 22.0. The summed E-state index contributed by atoms with van der Waals surface area (Å²) in [6, 6.07) is 4.32. The molecule has 6 rings (SSSR count). The van der Waals surface area contributed by atoms with Crippen LogP contribution in [0.25, 0.3) is 11.2 Å². The smallest absolute Gasteiger partial charge is 0.251 e. The van der Waals surface area contributed by atoms with Crippen LogP contribution in [0.5, 0.6) is 11.5 Å². The number of rotatable bonds is 6. The SMILES string of the molecule is O=C(N[C@@H]1[C@@H](O)[C@H](n2cnc3c(NC4CCCC4)ncnc32)O[C@@H]1CO)c1ccc2c(c1)OCO2. The number of imidazole rings is 1. The van der Waals surface area contributed by atoms with Gasteiger partial charge in [0.05, 0.1) is 19.0 Å². The molecule has 0 radical (unpaired) electrons. The first-order valence-corrected chi connectivity index (χ1v) is 11.7. The number of hydrogen-bond acceptors (Lipinski definition) is 10. The lowest BCUT2D eigenvalue weighted by atomic mass is 10.1. The second kappa shape index (κ2) is 8.95. The van der Waals surface area contributed by atoms with Crippen LogP contribution in [0.2, 0.25) is 0 Å². The number of anilines is 1. The minimum Gasteiger partial charge on any atom is -0.454 e. The van der Waals surface area contributed by atoms with Crippen molar-refractivity contribution >= 4 is 22.9 Å². The minimum atomic E-state index is -1.16. The zero-order chi connectivity index (χ0) is 23.9. The van der Waals surface area contributed by atoms with Gasteiger partial charge in [-0.1, -0.05) is 12.8 Å². The maximum atomic E-state index is 12.9. The molecule has 184 valence electrons. The Morgan fingerprint density at radius 2 is 1.97 bits per heavy atom. The molecule has 0 bridgehead atoms. The predicted molar refractivity (Wildman–Crippen MR) is 122 cm³/mol. The van der Waals surface area contributed by atoms with Gasteiger partial charge in [-0.05, 0) is 31.0 Å². The van der Waals surface area contributed by atoms with E-state index in [1.54, 1.807) is 22.8 Å². The number of amides is 1. The van der Waals surface area contributed by atoms with Gasteiger partial charge in [0.2, 0.25) is 6.79 Å². The number of hydrogen-bond donors (Lipinski definition) is 4. The Morgan fingerprint density at radius 1 is 1.14 bits per heavy atom. The van der Waals surface area contributed by atoms with E-state index in [1.807, 2.05) is 0 Å². The molecule has 2 aromatic heterocycles. The third-order valence-electron chi connectivity index (χ3n) is 6.82. The van der Waals surface area contributed by atoms with E-state index in [1.165, 1.54) is 25.5 Å². The molecular formula is C23H26N6O6. The van der Waals surface area contributed by atoms with Gasteiger partial charge in [-0.15, -0.1) is 0 Å².